The molecule has 0 aromatic rings. The van der Waals surface area contributed by atoms with Crippen molar-refractivity contribution in [2.24, 2.45) is 11.1 Å². The largest absolute Gasteiger partial charge is 0.411 e. The number of rotatable bonds is 1. The Morgan fingerprint density at radius 1 is 1.50 bits per heavy atom. The van der Waals surface area contributed by atoms with Crippen LogP contribution in [0.1, 0.15) is 39.5 Å². The van der Waals surface area contributed by atoms with Gasteiger partial charge < -0.3 is 5.21 Å². The van der Waals surface area contributed by atoms with Crippen molar-refractivity contribution in [3.8, 4) is 0 Å². The molecule has 0 bridgehead atoms. The molecule has 0 saturated heterocycles. The molecule has 2 nitrogen and oxygen atoms in total. The maximum Gasteiger partial charge on any atom is 0.0639 e. The number of hydrogen-bond donors (Lipinski definition) is 1. The first-order valence-corrected chi connectivity index (χ1v) is 4.60. The molecule has 0 aromatic heterocycles. The number of allylic oxidation sites excluding steroid dienone is 2. The Labute approximate surface area is 74.0 Å². The highest BCUT2D eigenvalue weighted by Crippen LogP contribution is 2.23. The van der Waals surface area contributed by atoms with E-state index in [1.165, 1.54) is 18.4 Å². The fourth-order valence-electron chi connectivity index (χ4n) is 1.73. The predicted molar refractivity (Wildman–Crippen MR) is 50.6 cm³/mol. The van der Waals surface area contributed by atoms with Crippen molar-refractivity contribution < 1.29 is 5.21 Å². The Balaban J connectivity index is 2.66. The van der Waals surface area contributed by atoms with E-state index >= 15 is 0 Å². The summed E-state index contributed by atoms with van der Waals surface area (Å²) in [5.41, 5.74) is 2.27. The topological polar surface area (TPSA) is 32.6 Å². The fraction of sp³-hybridized carbons (Fsp3) is 0.700. The van der Waals surface area contributed by atoms with Crippen LogP contribution < -0.4 is 0 Å². The molecule has 0 spiro atoms. The summed E-state index contributed by atoms with van der Waals surface area (Å²) in [5.74, 6) is 0.397. The zero-order chi connectivity index (χ0) is 8.97. The van der Waals surface area contributed by atoms with Crippen molar-refractivity contribution in [1.82, 2.24) is 0 Å². The normalized spacial score (nSPS) is 27.2. The third kappa shape index (κ3) is 2.36. The Kier molecular flexibility index (Phi) is 3.32. The molecule has 0 aromatic carbocycles. The molecule has 0 amide bonds. The molecule has 1 unspecified atom stereocenters. The van der Waals surface area contributed by atoms with Gasteiger partial charge in [0.1, 0.15) is 0 Å². The van der Waals surface area contributed by atoms with E-state index in [0.29, 0.717) is 5.92 Å². The molecular weight excluding hydrogens is 150 g/mol. The van der Waals surface area contributed by atoms with Gasteiger partial charge >= 0.3 is 0 Å². The Bertz CT molecular complexity index is 202. The van der Waals surface area contributed by atoms with Gasteiger partial charge in [-0.15, -0.1) is 0 Å². The van der Waals surface area contributed by atoms with Gasteiger partial charge in [0, 0.05) is 5.92 Å². The van der Waals surface area contributed by atoms with Gasteiger partial charge in [-0.25, -0.2) is 0 Å². The van der Waals surface area contributed by atoms with E-state index in [1.54, 1.807) is 0 Å². The second-order valence-corrected chi connectivity index (χ2v) is 3.69. The van der Waals surface area contributed by atoms with E-state index in [9.17, 15) is 0 Å². The van der Waals surface area contributed by atoms with Gasteiger partial charge in [0.25, 0.3) is 0 Å². The summed E-state index contributed by atoms with van der Waals surface area (Å²) < 4.78 is 0. The summed E-state index contributed by atoms with van der Waals surface area (Å²) in [4.78, 5) is 0. The number of oxime groups is 1. The first kappa shape index (κ1) is 9.30. The molecule has 0 radical (unpaired) electrons. The van der Waals surface area contributed by atoms with Gasteiger partial charge in [-0.1, -0.05) is 23.2 Å². The first-order chi connectivity index (χ1) is 5.74. The molecule has 1 atom stereocenters. The van der Waals surface area contributed by atoms with Gasteiger partial charge in [-0.3, -0.25) is 0 Å². The number of hydrogen-bond acceptors (Lipinski definition) is 2. The van der Waals surface area contributed by atoms with Crippen molar-refractivity contribution in [2.45, 2.75) is 39.5 Å². The molecule has 12 heavy (non-hydrogen) atoms. The minimum absolute atomic E-state index is 0.397. The molecule has 0 heterocycles. The van der Waals surface area contributed by atoms with E-state index in [1.807, 2.05) is 0 Å². The second-order valence-electron chi connectivity index (χ2n) is 3.69. The third-order valence-electron chi connectivity index (χ3n) is 2.29. The number of nitrogens with zero attached hydrogens (tertiary/aromatic N) is 1. The lowest BCUT2D eigenvalue weighted by atomic mass is 9.86. The average Bonchev–Trinajstić information content (AvgIpc) is 2.04. The van der Waals surface area contributed by atoms with Gasteiger partial charge in [-0.2, -0.15) is 0 Å². The van der Waals surface area contributed by atoms with Crippen LogP contribution in [0.3, 0.4) is 0 Å². The zero-order valence-corrected chi connectivity index (χ0v) is 7.88. The third-order valence-corrected chi connectivity index (χ3v) is 2.29. The van der Waals surface area contributed by atoms with Gasteiger partial charge in [0.2, 0.25) is 0 Å². The molecule has 1 aliphatic carbocycles. The van der Waals surface area contributed by atoms with Crippen LogP contribution >= 0.6 is 0 Å². The smallest absolute Gasteiger partial charge is 0.0639 e. The first-order valence-electron chi connectivity index (χ1n) is 4.60. The molecule has 1 saturated carbocycles. The monoisotopic (exact) mass is 167 g/mol. The summed E-state index contributed by atoms with van der Waals surface area (Å²) in [6, 6.07) is 0. The van der Waals surface area contributed by atoms with Crippen LogP contribution in [0.15, 0.2) is 16.8 Å². The van der Waals surface area contributed by atoms with Crippen molar-refractivity contribution in [3.05, 3.63) is 11.6 Å². The van der Waals surface area contributed by atoms with Crippen LogP contribution in [0.5, 0.6) is 0 Å². The quantitative estimate of drug-likeness (QED) is 0.363. The lowest BCUT2D eigenvalue weighted by molar-refractivity contribution is 0.311. The zero-order valence-electron chi connectivity index (χ0n) is 7.88. The summed E-state index contributed by atoms with van der Waals surface area (Å²) in [6.45, 7) is 4.17. The Morgan fingerprint density at radius 3 is 2.83 bits per heavy atom. The van der Waals surface area contributed by atoms with Crippen LogP contribution in [0.4, 0.5) is 0 Å². The van der Waals surface area contributed by atoms with Gasteiger partial charge in [-0.05, 0) is 33.1 Å². The Morgan fingerprint density at radius 2 is 2.25 bits per heavy atom. The lowest BCUT2D eigenvalue weighted by Crippen LogP contribution is -2.17. The second kappa shape index (κ2) is 4.29. The van der Waals surface area contributed by atoms with Crippen LogP contribution in [0, 0.1) is 5.92 Å². The van der Waals surface area contributed by atoms with Crippen molar-refractivity contribution in [1.29, 1.82) is 0 Å². The summed E-state index contributed by atoms with van der Waals surface area (Å²) in [5, 5.41) is 12.1. The molecule has 1 N–H and O–H groups in total. The minimum atomic E-state index is 0.397. The van der Waals surface area contributed by atoms with E-state index in [-0.39, 0.29) is 0 Å². The molecule has 68 valence electrons. The molecule has 1 aliphatic rings. The van der Waals surface area contributed by atoms with Gasteiger partial charge in [0.15, 0.2) is 0 Å². The highest BCUT2D eigenvalue weighted by molar-refractivity contribution is 5.88. The van der Waals surface area contributed by atoms with Crippen molar-refractivity contribution in [2.75, 3.05) is 0 Å². The highest BCUT2D eigenvalue weighted by atomic mass is 16.4. The van der Waals surface area contributed by atoms with E-state index in [4.69, 9.17) is 5.21 Å². The van der Waals surface area contributed by atoms with E-state index in [2.05, 4.69) is 25.1 Å². The van der Waals surface area contributed by atoms with E-state index < -0.39 is 0 Å². The molecule has 2 heteroatoms. The highest BCUT2D eigenvalue weighted by Gasteiger charge is 2.18. The van der Waals surface area contributed by atoms with Crippen LogP contribution in [0.25, 0.3) is 0 Å². The van der Waals surface area contributed by atoms with Crippen LogP contribution in [-0.4, -0.2) is 10.9 Å². The Hall–Kier alpha value is -0.790. The molecule has 1 fully saturated rings. The predicted octanol–water partition coefficient (Wildman–Crippen LogP) is 2.97. The molecule has 0 aliphatic heterocycles. The van der Waals surface area contributed by atoms with Crippen LogP contribution in [0.2, 0.25) is 0 Å². The summed E-state index contributed by atoms with van der Waals surface area (Å²) in [7, 11) is 0. The standard InChI is InChI=1S/C10H17NO/c1-8(2)7-9-5-3-4-6-10(9)11-12/h7,9,12H,3-6H2,1-2H3/b11-10-. The maximum atomic E-state index is 8.73. The average molecular weight is 167 g/mol. The summed E-state index contributed by atoms with van der Waals surface area (Å²) >= 11 is 0. The van der Waals surface area contributed by atoms with Crippen molar-refractivity contribution in [3.63, 3.8) is 0 Å². The maximum absolute atomic E-state index is 8.73. The summed E-state index contributed by atoms with van der Waals surface area (Å²) in [6.07, 6.45) is 6.74. The molecule has 1 rings (SSSR count). The van der Waals surface area contributed by atoms with Crippen LogP contribution in [-0.2, 0) is 0 Å². The van der Waals surface area contributed by atoms with E-state index in [0.717, 1.165) is 18.6 Å². The lowest BCUT2D eigenvalue weighted by Gasteiger charge is -2.20. The minimum Gasteiger partial charge on any atom is -0.411 e. The fourth-order valence-corrected chi connectivity index (χ4v) is 1.73. The SMILES string of the molecule is CC(C)=CC1CCCC/C1=N/O. The molecular formula is C10H17NO. The van der Waals surface area contributed by atoms with Gasteiger partial charge in [0.05, 0.1) is 5.71 Å². The van der Waals surface area contributed by atoms with Crippen molar-refractivity contribution >= 4 is 5.71 Å².